The zero-order valence-electron chi connectivity index (χ0n) is 20.7. The van der Waals surface area contributed by atoms with Gasteiger partial charge in [0.1, 0.15) is 5.78 Å². The van der Waals surface area contributed by atoms with Gasteiger partial charge in [-0.15, -0.1) is 0 Å². The van der Waals surface area contributed by atoms with Gasteiger partial charge in [0.15, 0.2) is 0 Å². The molecule has 0 rings (SSSR count). The molecule has 0 aliphatic rings. The summed E-state index contributed by atoms with van der Waals surface area (Å²) in [6, 6.07) is 0. The van der Waals surface area contributed by atoms with Gasteiger partial charge < -0.3 is 5.32 Å². The van der Waals surface area contributed by atoms with Crippen LogP contribution in [0.2, 0.25) is 0 Å². The second-order valence-corrected chi connectivity index (χ2v) is 11.5. The summed E-state index contributed by atoms with van der Waals surface area (Å²) in [5.74, 6) is -0.393. The summed E-state index contributed by atoms with van der Waals surface area (Å²) in [6.07, 6.45) is 21.7. The van der Waals surface area contributed by atoms with E-state index in [1.165, 1.54) is 96.3 Å². The fourth-order valence-corrected chi connectivity index (χ4v) is 5.26. The topological polar surface area (TPSA) is 83.5 Å². The molecular formula is C25H51NO4S. The minimum atomic E-state index is -4.05. The van der Waals surface area contributed by atoms with Crippen molar-refractivity contribution in [3.63, 3.8) is 0 Å². The molecule has 186 valence electrons. The van der Waals surface area contributed by atoms with Gasteiger partial charge >= 0.3 is 0 Å². The maximum Gasteiger partial charge on any atom is 0.265 e. The Morgan fingerprint density at radius 1 is 0.742 bits per heavy atom. The third kappa shape index (κ3) is 24.0. The van der Waals surface area contributed by atoms with E-state index >= 15 is 0 Å². The van der Waals surface area contributed by atoms with Crippen LogP contribution in [0.5, 0.6) is 0 Å². The fourth-order valence-electron chi connectivity index (χ4n) is 4.17. The van der Waals surface area contributed by atoms with Crippen molar-refractivity contribution < 1.29 is 17.8 Å². The van der Waals surface area contributed by atoms with Crippen LogP contribution < -0.4 is 5.32 Å². The van der Waals surface area contributed by atoms with Gasteiger partial charge in [0, 0.05) is 6.42 Å². The van der Waals surface area contributed by atoms with E-state index in [4.69, 9.17) is 4.55 Å². The molecule has 6 heteroatoms. The number of hydrogen-bond acceptors (Lipinski definition) is 4. The molecule has 2 N–H and O–H groups in total. The van der Waals surface area contributed by atoms with E-state index in [9.17, 15) is 13.2 Å². The van der Waals surface area contributed by atoms with Gasteiger partial charge in [-0.3, -0.25) is 9.35 Å². The molecule has 31 heavy (non-hydrogen) atoms. The predicted octanol–water partition coefficient (Wildman–Crippen LogP) is 6.71. The highest BCUT2D eigenvalue weighted by molar-refractivity contribution is 7.85. The zero-order valence-corrected chi connectivity index (χ0v) is 21.5. The molecule has 0 aromatic carbocycles. The number of Topliss-reactive ketones (excluding diaryl/α,β-unsaturated/α-hetero) is 1. The molecule has 0 saturated heterocycles. The monoisotopic (exact) mass is 461 g/mol. The Labute approximate surface area is 193 Å². The SMILES string of the molecule is CCCCCCCCCCCCCCCCCCNCC(=O)CC(C)(C)CS(=O)(=O)O. The third-order valence-electron chi connectivity index (χ3n) is 5.78. The summed E-state index contributed by atoms with van der Waals surface area (Å²) < 4.78 is 30.9. The Morgan fingerprint density at radius 2 is 1.13 bits per heavy atom. The first-order chi connectivity index (χ1) is 14.7. The normalized spacial score (nSPS) is 12.4. The molecule has 0 fully saturated rings. The average molecular weight is 462 g/mol. The lowest BCUT2D eigenvalue weighted by Gasteiger charge is -2.21. The molecule has 5 nitrogen and oxygen atoms in total. The summed E-state index contributed by atoms with van der Waals surface area (Å²) in [5.41, 5.74) is -0.736. The first-order valence-electron chi connectivity index (χ1n) is 12.8. The minimum absolute atomic E-state index is 0.00913. The highest BCUT2D eigenvalue weighted by Gasteiger charge is 2.27. The van der Waals surface area contributed by atoms with Crippen molar-refractivity contribution in [2.24, 2.45) is 5.41 Å². The molecule has 0 atom stereocenters. The van der Waals surface area contributed by atoms with Crippen molar-refractivity contribution in [2.75, 3.05) is 18.8 Å². The van der Waals surface area contributed by atoms with Crippen molar-refractivity contribution in [3.8, 4) is 0 Å². The number of carbonyl (C=O) groups is 1. The van der Waals surface area contributed by atoms with Crippen LogP contribution in [0.1, 0.15) is 130 Å². The van der Waals surface area contributed by atoms with Crippen LogP contribution in [0.25, 0.3) is 0 Å². The molecule has 0 spiro atoms. The number of ketones is 1. The summed E-state index contributed by atoms with van der Waals surface area (Å²) in [6.45, 7) is 6.74. The van der Waals surface area contributed by atoms with Gasteiger partial charge in [-0.25, -0.2) is 0 Å². The van der Waals surface area contributed by atoms with Gasteiger partial charge in [0.05, 0.1) is 12.3 Å². The summed E-state index contributed by atoms with van der Waals surface area (Å²) in [7, 11) is -4.05. The number of unbranched alkanes of at least 4 members (excludes halogenated alkanes) is 15. The number of rotatable bonds is 23. The second kappa shape index (κ2) is 19.0. The van der Waals surface area contributed by atoms with E-state index in [-0.39, 0.29) is 24.5 Å². The molecule has 0 aliphatic heterocycles. The van der Waals surface area contributed by atoms with Gasteiger partial charge in [-0.05, 0) is 18.4 Å². The van der Waals surface area contributed by atoms with Crippen molar-refractivity contribution in [2.45, 2.75) is 130 Å². The third-order valence-corrected chi connectivity index (χ3v) is 6.92. The van der Waals surface area contributed by atoms with Crippen molar-refractivity contribution in [3.05, 3.63) is 0 Å². The van der Waals surface area contributed by atoms with E-state index < -0.39 is 15.5 Å². The van der Waals surface area contributed by atoms with Gasteiger partial charge in [0.2, 0.25) is 0 Å². The van der Waals surface area contributed by atoms with E-state index in [0.717, 1.165) is 13.0 Å². The molecule has 0 heterocycles. The predicted molar refractivity (Wildman–Crippen MR) is 132 cm³/mol. The number of carbonyl (C=O) groups excluding carboxylic acids is 1. The maximum absolute atomic E-state index is 12.0. The molecular weight excluding hydrogens is 410 g/mol. The Balaban J connectivity index is 3.35. The highest BCUT2D eigenvalue weighted by atomic mass is 32.2. The first-order valence-corrected chi connectivity index (χ1v) is 14.4. The number of nitrogens with one attached hydrogen (secondary N) is 1. The summed E-state index contributed by atoms with van der Waals surface area (Å²) in [5, 5.41) is 3.16. The van der Waals surface area contributed by atoms with Crippen LogP contribution in [0, 0.1) is 5.41 Å². The van der Waals surface area contributed by atoms with Gasteiger partial charge in [-0.1, -0.05) is 117 Å². The lowest BCUT2D eigenvalue weighted by molar-refractivity contribution is -0.119. The first kappa shape index (κ1) is 30.5. The average Bonchev–Trinajstić information content (AvgIpc) is 2.64. The summed E-state index contributed by atoms with van der Waals surface area (Å²) >= 11 is 0. The van der Waals surface area contributed by atoms with Crippen LogP contribution in [0.3, 0.4) is 0 Å². The molecule has 0 amide bonds. The fraction of sp³-hybridized carbons (Fsp3) is 0.960. The van der Waals surface area contributed by atoms with E-state index in [1.807, 2.05) is 0 Å². The summed E-state index contributed by atoms with van der Waals surface area (Å²) in [4.78, 5) is 12.0. The lowest BCUT2D eigenvalue weighted by atomic mass is 9.89. The molecule has 0 aromatic rings. The van der Waals surface area contributed by atoms with Crippen LogP contribution in [0.15, 0.2) is 0 Å². The zero-order chi connectivity index (χ0) is 23.4. The van der Waals surface area contributed by atoms with Crippen LogP contribution >= 0.6 is 0 Å². The Bertz CT molecular complexity index is 532. The quantitative estimate of drug-likeness (QED) is 0.130. The Hall–Kier alpha value is -0.460. The van der Waals surface area contributed by atoms with E-state index in [2.05, 4.69) is 12.2 Å². The highest BCUT2D eigenvalue weighted by Crippen LogP contribution is 2.22. The van der Waals surface area contributed by atoms with Gasteiger partial charge in [-0.2, -0.15) is 8.42 Å². The number of hydrogen-bond donors (Lipinski definition) is 2. The van der Waals surface area contributed by atoms with Crippen molar-refractivity contribution >= 4 is 15.9 Å². The van der Waals surface area contributed by atoms with Crippen molar-refractivity contribution in [1.29, 1.82) is 0 Å². The maximum atomic E-state index is 12.0. The molecule has 0 saturated carbocycles. The molecule has 0 bridgehead atoms. The molecule has 0 unspecified atom stereocenters. The lowest BCUT2D eigenvalue weighted by Crippen LogP contribution is -2.31. The van der Waals surface area contributed by atoms with Crippen LogP contribution in [-0.2, 0) is 14.9 Å². The Kier molecular flexibility index (Phi) is 18.8. The molecule has 0 aliphatic carbocycles. The molecule has 0 radical (unpaired) electrons. The van der Waals surface area contributed by atoms with E-state index in [0.29, 0.717) is 0 Å². The smallest absolute Gasteiger partial charge is 0.265 e. The van der Waals surface area contributed by atoms with Crippen LogP contribution in [-0.4, -0.2) is 37.6 Å². The van der Waals surface area contributed by atoms with E-state index in [1.54, 1.807) is 13.8 Å². The molecule has 0 aromatic heterocycles. The largest absolute Gasteiger partial charge is 0.310 e. The standard InChI is InChI=1S/C25H51NO4S/c1-4-5-6-7-8-9-10-11-12-13-14-15-16-17-18-19-20-26-22-24(27)21-25(2,3)23-31(28,29)30/h26H,4-23H2,1-3H3,(H,28,29,30). The van der Waals surface area contributed by atoms with Crippen molar-refractivity contribution in [1.82, 2.24) is 5.32 Å². The van der Waals surface area contributed by atoms with Crippen LogP contribution in [0.4, 0.5) is 0 Å². The Morgan fingerprint density at radius 3 is 1.52 bits per heavy atom. The second-order valence-electron chi connectivity index (χ2n) is 10.1. The van der Waals surface area contributed by atoms with Gasteiger partial charge in [0.25, 0.3) is 10.1 Å². The minimum Gasteiger partial charge on any atom is -0.310 e.